The van der Waals surface area contributed by atoms with Gasteiger partial charge in [0.2, 0.25) is 0 Å². The van der Waals surface area contributed by atoms with E-state index < -0.39 is 0 Å². The number of anilines is 2. The highest BCUT2D eigenvalue weighted by atomic mass is 15.1. The van der Waals surface area contributed by atoms with E-state index in [2.05, 4.69) is 15.3 Å². The number of nitrogen functional groups attached to an aromatic ring is 1. The SMILES string of the molecule is Nc1cncc(NC(C2CC2)C2CC2)n1. The van der Waals surface area contributed by atoms with E-state index in [0.29, 0.717) is 11.9 Å². The smallest absolute Gasteiger partial charge is 0.147 e. The molecule has 0 saturated heterocycles. The number of hydrogen-bond donors (Lipinski definition) is 2. The first-order chi connectivity index (χ1) is 7.33. The van der Waals surface area contributed by atoms with Crippen molar-refractivity contribution in [2.45, 2.75) is 31.7 Å². The minimum atomic E-state index is 0.491. The summed E-state index contributed by atoms with van der Waals surface area (Å²) in [5.41, 5.74) is 5.60. The number of nitrogens with one attached hydrogen (secondary N) is 1. The fourth-order valence-corrected chi connectivity index (χ4v) is 2.15. The van der Waals surface area contributed by atoms with Gasteiger partial charge in [-0.15, -0.1) is 0 Å². The third kappa shape index (κ3) is 2.03. The Morgan fingerprint density at radius 2 is 1.87 bits per heavy atom. The molecule has 0 aliphatic heterocycles. The van der Waals surface area contributed by atoms with Crippen LogP contribution < -0.4 is 11.1 Å². The van der Waals surface area contributed by atoms with Crippen molar-refractivity contribution in [3.05, 3.63) is 12.4 Å². The summed E-state index contributed by atoms with van der Waals surface area (Å²) in [6.07, 6.45) is 8.80. The monoisotopic (exact) mass is 204 g/mol. The average molecular weight is 204 g/mol. The Morgan fingerprint density at radius 3 is 2.40 bits per heavy atom. The molecular formula is C11H16N4. The Labute approximate surface area is 89.3 Å². The molecule has 0 unspecified atom stereocenters. The summed E-state index contributed by atoms with van der Waals surface area (Å²) < 4.78 is 0. The van der Waals surface area contributed by atoms with Crippen LogP contribution in [0.2, 0.25) is 0 Å². The normalized spacial score (nSPS) is 20.6. The molecule has 0 amide bonds. The molecule has 2 aliphatic rings. The molecule has 2 aliphatic carbocycles. The summed E-state index contributed by atoms with van der Waals surface area (Å²) in [5, 5.41) is 3.49. The standard InChI is InChI=1S/C11H16N4/c12-9-5-13-6-10(14-9)15-11(7-1-2-7)8-3-4-8/h5-8,11H,1-4H2,(H3,12,14,15). The van der Waals surface area contributed by atoms with E-state index in [1.165, 1.54) is 25.7 Å². The second-order valence-corrected chi connectivity index (χ2v) is 4.67. The summed E-state index contributed by atoms with van der Waals surface area (Å²) in [7, 11) is 0. The largest absolute Gasteiger partial charge is 0.382 e. The van der Waals surface area contributed by atoms with Crippen molar-refractivity contribution in [2.75, 3.05) is 11.1 Å². The zero-order valence-electron chi connectivity index (χ0n) is 8.69. The maximum absolute atomic E-state index is 5.60. The summed E-state index contributed by atoms with van der Waals surface area (Å²) in [4.78, 5) is 8.28. The average Bonchev–Trinajstić information content (AvgIpc) is 3.07. The van der Waals surface area contributed by atoms with E-state index >= 15 is 0 Å². The van der Waals surface area contributed by atoms with Crippen molar-refractivity contribution in [3.63, 3.8) is 0 Å². The van der Waals surface area contributed by atoms with Crippen molar-refractivity contribution in [1.29, 1.82) is 0 Å². The van der Waals surface area contributed by atoms with Crippen LogP contribution in [-0.2, 0) is 0 Å². The fourth-order valence-electron chi connectivity index (χ4n) is 2.15. The molecule has 2 saturated carbocycles. The number of rotatable bonds is 4. The van der Waals surface area contributed by atoms with Gasteiger partial charge in [-0.25, -0.2) is 4.98 Å². The third-order valence-corrected chi connectivity index (χ3v) is 3.23. The van der Waals surface area contributed by atoms with Gasteiger partial charge < -0.3 is 11.1 Å². The minimum Gasteiger partial charge on any atom is -0.382 e. The Kier molecular flexibility index (Phi) is 2.01. The quantitative estimate of drug-likeness (QED) is 0.783. The number of nitrogens with two attached hydrogens (primary N) is 1. The number of aromatic nitrogens is 2. The van der Waals surface area contributed by atoms with Crippen molar-refractivity contribution in [3.8, 4) is 0 Å². The fraction of sp³-hybridized carbons (Fsp3) is 0.636. The second-order valence-electron chi connectivity index (χ2n) is 4.67. The van der Waals surface area contributed by atoms with E-state index in [-0.39, 0.29) is 0 Å². The summed E-state index contributed by atoms with van der Waals surface area (Å²) >= 11 is 0. The van der Waals surface area contributed by atoms with Gasteiger partial charge in [0.25, 0.3) is 0 Å². The molecule has 80 valence electrons. The Morgan fingerprint density at radius 1 is 1.20 bits per heavy atom. The van der Waals surface area contributed by atoms with Gasteiger partial charge in [0.05, 0.1) is 12.4 Å². The molecule has 3 N–H and O–H groups in total. The van der Waals surface area contributed by atoms with Gasteiger partial charge in [0.15, 0.2) is 0 Å². The van der Waals surface area contributed by atoms with E-state index in [0.717, 1.165) is 17.7 Å². The zero-order chi connectivity index (χ0) is 10.3. The topological polar surface area (TPSA) is 63.8 Å². The lowest BCUT2D eigenvalue weighted by Gasteiger charge is -2.17. The molecule has 0 aromatic carbocycles. The number of hydrogen-bond acceptors (Lipinski definition) is 4. The van der Waals surface area contributed by atoms with E-state index in [4.69, 9.17) is 5.73 Å². The van der Waals surface area contributed by atoms with Crippen LogP contribution in [0.1, 0.15) is 25.7 Å². The lowest BCUT2D eigenvalue weighted by atomic mass is 10.1. The predicted molar refractivity (Wildman–Crippen MR) is 59.3 cm³/mol. The summed E-state index contributed by atoms with van der Waals surface area (Å²) in [5.74, 6) is 3.05. The van der Waals surface area contributed by atoms with Gasteiger partial charge in [0, 0.05) is 6.04 Å². The molecule has 4 heteroatoms. The molecule has 1 aromatic rings. The van der Waals surface area contributed by atoms with Crippen LogP contribution >= 0.6 is 0 Å². The Bertz CT molecular complexity index is 345. The highest BCUT2D eigenvalue weighted by molar-refractivity contribution is 5.40. The van der Waals surface area contributed by atoms with E-state index in [9.17, 15) is 0 Å². The Hall–Kier alpha value is -1.32. The van der Waals surface area contributed by atoms with Crippen molar-refractivity contribution >= 4 is 11.6 Å². The van der Waals surface area contributed by atoms with Crippen LogP contribution in [0.4, 0.5) is 11.6 Å². The lowest BCUT2D eigenvalue weighted by Crippen LogP contribution is -2.25. The third-order valence-electron chi connectivity index (χ3n) is 3.23. The van der Waals surface area contributed by atoms with Crippen LogP contribution in [0.5, 0.6) is 0 Å². The van der Waals surface area contributed by atoms with Crippen LogP contribution in [0.3, 0.4) is 0 Å². The predicted octanol–water partition coefficient (Wildman–Crippen LogP) is 1.66. The van der Waals surface area contributed by atoms with E-state index in [1.807, 2.05) is 0 Å². The van der Waals surface area contributed by atoms with Crippen molar-refractivity contribution in [2.24, 2.45) is 11.8 Å². The molecule has 3 rings (SSSR count). The molecule has 0 radical (unpaired) electrons. The maximum Gasteiger partial charge on any atom is 0.147 e. The van der Waals surface area contributed by atoms with Gasteiger partial charge >= 0.3 is 0 Å². The van der Waals surface area contributed by atoms with Gasteiger partial charge in [-0.2, -0.15) is 0 Å². The summed E-state index contributed by atoms with van der Waals surface area (Å²) in [6, 6.07) is 0.612. The molecule has 0 atom stereocenters. The first-order valence-electron chi connectivity index (χ1n) is 5.67. The molecule has 0 bridgehead atoms. The van der Waals surface area contributed by atoms with Gasteiger partial charge in [-0.1, -0.05) is 0 Å². The Balaban J connectivity index is 1.71. The van der Waals surface area contributed by atoms with Gasteiger partial charge in [-0.3, -0.25) is 4.98 Å². The highest BCUT2D eigenvalue weighted by Gasteiger charge is 2.41. The van der Waals surface area contributed by atoms with Gasteiger partial charge in [0.1, 0.15) is 11.6 Å². The van der Waals surface area contributed by atoms with Crippen LogP contribution in [0.25, 0.3) is 0 Å². The van der Waals surface area contributed by atoms with Crippen LogP contribution in [0, 0.1) is 11.8 Å². The van der Waals surface area contributed by atoms with Crippen LogP contribution in [0.15, 0.2) is 12.4 Å². The maximum atomic E-state index is 5.60. The second kappa shape index (κ2) is 3.36. The molecule has 4 nitrogen and oxygen atoms in total. The van der Waals surface area contributed by atoms with Crippen molar-refractivity contribution < 1.29 is 0 Å². The molecule has 1 aromatic heterocycles. The molecule has 2 fully saturated rings. The molecule has 0 spiro atoms. The highest BCUT2D eigenvalue weighted by Crippen LogP contribution is 2.45. The molecular weight excluding hydrogens is 188 g/mol. The minimum absolute atomic E-state index is 0.491. The van der Waals surface area contributed by atoms with Crippen molar-refractivity contribution in [1.82, 2.24) is 9.97 Å². The zero-order valence-corrected chi connectivity index (χ0v) is 8.69. The van der Waals surface area contributed by atoms with E-state index in [1.54, 1.807) is 12.4 Å². The van der Waals surface area contributed by atoms with Crippen LogP contribution in [-0.4, -0.2) is 16.0 Å². The number of nitrogens with zero attached hydrogens (tertiary/aromatic N) is 2. The first-order valence-corrected chi connectivity index (χ1v) is 5.67. The first kappa shape index (κ1) is 8.95. The summed E-state index contributed by atoms with van der Waals surface area (Å²) in [6.45, 7) is 0. The lowest BCUT2D eigenvalue weighted by molar-refractivity contribution is 0.565. The molecule has 1 heterocycles. The van der Waals surface area contributed by atoms with Gasteiger partial charge in [-0.05, 0) is 37.5 Å². The molecule has 15 heavy (non-hydrogen) atoms.